The predicted octanol–water partition coefficient (Wildman–Crippen LogP) is 2.70. The van der Waals surface area contributed by atoms with Gasteiger partial charge in [-0.15, -0.1) is 0 Å². The molecule has 0 N–H and O–H groups in total. The van der Waals surface area contributed by atoms with Crippen molar-refractivity contribution in [1.29, 1.82) is 0 Å². The molecular formula is C10H7F3O. The average Bonchev–Trinajstić information content (AvgIpc) is 2.27. The third-order valence-electron chi connectivity index (χ3n) is 2.53. The summed E-state index contributed by atoms with van der Waals surface area (Å²) in [6.07, 6.45) is 0. The summed E-state index contributed by atoms with van der Waals surface area (Å²) in [6.45, 7) is 0.620. The second kappa shape index (κ2) is 2.38. The highest BCUT2D eigenvalue weighted by Gasteiger charge is 2.64. The van der Waals surface area contributed by atoms with Gasteiger partial charge in [-0.25, -0.2) is 4.39 Å². The van der Waals surface area contributed by atoms with Crippen LogP contribution < -0.4 is 0 Å². The van der Waals surface area contributed by atoms with E-state index in [9.17, 15) is 18.0 Å². The molecule has 1 aliphatic carbocycles. The van der Waals surface area contributed by atoms with Crippen molar-refractivity contribution in [3.05, 3.63) is 35.4 Å². The largest absolute Gasteiger partial charge is 0.314 e. The van der Waals surface area contributed by atoms with E-state index in [4.69, 9.17) is 0 Å². The lowest BCUT2D eigenvalue weighted by Gasteiger charge is -2.20. The van der Waals surface area contributed by atoms with E-state index in [1.165, 1.54) is 18.2 Å². The van der Waals surface area contributed by atoms with E-state index >= 15 is 0 Å². The van der Waals surface area contributed by atoms with E-state index in [0.717, 1.165) is 6.07 Å². The Morgan fingerprint density at radius 3 is 2.29 bits per heavy atom. The molecule has 0 bridgehead atoms. The summed E-state index contributed by atoms with van der Waals surface area (Å²) in [5.74, 6) is -4.86. The highest BCUT2D eigenvalue weighted by molar-refractivity contribution is 6.07. The van der Waals surface area contributed by atoms with E-state index < -0.39 is 22.9 Å². The van der Waals surface area contributed by atoms with Crippen LogP contribution in [0, 0.1) is 0 Å². The maximum atomic E-state index is 13.5. The fourth-order valence-corrected chi connectivity index (χ4v) is 1.60. The van der Waals surface area contributed by atoms with E-state index in [2.05, 4.69) is 0 Å². The van der Waals surface area contributed by atoms with Crippen LogP contribution in [0.15, 0.2) is 24.3 Å². The van der Waals surface area contributed by atoms with Crippen LogP contribution in [-0.2, 0) is 5.92 Å². The summed E-state index contributed by atoms with van der Waals surface area (Å²) < 4.78 is 40.2. The van der Waals surface area contributed by atoms with Crippen molar-refractivity contribution in [2.75, 3.05) is 0 Å². The highest BCUT2D eigenvalue weighted by atomic mass is 19.3. The Kier molecular flexibility index (Phi) is 1.57. The molecule has 0 aliphatic heterocycles. The van der Waals surface area contributed by atoms with Gasteiger partial charge in [0.1, 0.15) is 0 Å². The van der Waals surface area contributed by atoms with Gasteiger partial charge in [-0.2, -0.15) is 8.78 Å². The van der Waals surface area contributed by atoms with Gasteiger partial charge in [-0.05, 0) is 6.92 Å². The van der Waals surface area contributed by atoms with Gasteiger partial charge in [0.25, 0.3) is 0 Å². The Morgan fingerprint density at radius 1 is 1.14 bits per heavy atom. The zero-order chi connectivity index (χ0) is 10.6. The molecule has 0 saturated carbocycles. The van der Waals surface area contributed by atoms with Crippen molar-refractivity contribution in [3.8, 4) is 0 Å². The van der Waals surface area contributed by atoms with E-state index in [1.54, 1.807) is 0 Å². The molecule has 1 nitrogen and oxygen atoms in total. The zero-order valence-corrected chi connectivity index (χ0v) is 7.35. The van der Waals surface area contributed by atoms with Gasteiger partial charge in [0.15, 0.2) is 0 Å². The van der Waals surface area contributed by atoms with E-state index in [-0.39, 0.29) is 5.56 Å². The third kappa shape index (κ3) is 0.832. The maximum absolute atomic E-state index is 13.5. The van der Waals surface area contributed by atoms with Crippen molar-refractivity contribution >= 4 is 5.78 Å². The maximum Gasteiger partial charge on any atom is 0.314 e. The first kappa shape index (κ1) is 9.24. The molecule has 0 saturated heterocycles. The standard InChI is InChI=1S/C10H7F3O/c1-9(11)8(14)6-4-2-3-5-7(6)10(9,12)13/h2-5H,1H3. The second-order valence-corrected chi connectivity index (χ2v) is 3.45. The topological polar surface area (TPSA) is 17.1 Å². The summed E-state index contributed by atoms with van der Waals surface area (Å²) in [5, 5.41) is 0. The third-order valence-corrected chi connectivity index (χ3v) is 2.53. The summed E-state index contributed by atoms with van der Waals surface area (Å²) in [6, 6.07) is 5.10. The minimum absolute atomic E-state index is 0.220. The zero-order valence-electron chi connectivity index (χ0n) is 7.35. The minimum Gasteiger partial charge on any atom is -0.290 e. The number of rotatable bonds is 0. The fourth-order valence-electron chi connectivity index (χ4n) is 1.60. The lowest BCUT2D eigenvalue weighted by Crippen LogP contribution is -2.39. The van der Waals surface area contributed by atoms with Crippen LogP contribution in [0.1, 0.15) is 22.8 Å². The molecule has 1 aliphatic rings. The van der Waals surface area contributed by atoms with Gasteiger partial charge in [0.05, 0.1) is 0 Å². The van der Waals surface area contributed by atoms with Crippen molar-refractivity contribution < 1.29 is 18.0 Å². The van der Waals surface area contributed by atoms with Crippen molar-refractivity contribution in [1.82, 2.24) is 0 Å². The van der Waals surface area contributed by atoms with Crippen LogP contribution in [0.3, 0.4) is 0 Å². The van der Waals surface area contributed by atoms with Gasteiger partial charge < -0.3 is 0 Å². The molecule has 74 valence electrons. The Bertz CT molecular complexity index is 410. The molecule has 0 heterocycles. The Morgan fingerprint density at radius 2 is 1.71 bits per heavy atom. The summed E-state index contributed by atoms with van der Waals surface area (Å²) >= 11 is 0. The molecule has 0 radical (unpaired) electrons. The first-order chi connectivity index (χ1) is 6.39. The normalized spacial score (nSPS) is 29.0. The number of carbonyl (C=O) groups excluding carboxylic acids is 1. The van der Waals surface area contributed by atoms with Crippen LogP contribution >= 0.6 is 0 Å². The fraction of sp³-hybridized carbons (Fsp3) is 0.300. The Hall–Kier alpha value is -1.32. The molecule has 1 aromatic rings. The number of carbonyl (C=O) groups is 1. The van der Waals surface area contributed by atoms with E-state index in [0.29, 0.717) is 6.92 Å². The number of Topliss-reactive ketones (excluding diaryl/α,β-unsaturated/α-hetero) is 1. The summed E-state index contributed by atoms with van der Waals surface area (Å²) in [4.78, 5) is 11.3. The monoisotopic (exact) mass is 200 g/mol. The summed E-state index contributed by atoms with van der Waals surface area (Å²) in [7, 11) is 0. The molecular weight excluding hydrogens is 193 g/mol. The minimum atomic E-state index is -3.72. The molecule has 14 heavy (non-hydrogen) atoms. The van der Waals surface area contributed by atoms with Crippen LogP contribution in [0.5, 0.6) is 0 Å². The molecule has 4 heteroatoms. The lowest BCUT2D eigenvalue weighted by atomic mass is 10.0. The SMILES string of the molecule is CC1(F)C(=O)c2ccccc2C1(F)F. The van der Waals surface area contributed by atoms with Crippen LogP contribution in [0.2, 0.25) is 0 Å². The Balaban J connectivity index is 2.74. The Labute approximate surface area is 78.5 Å². The average molecular weight is 200 g/mol. The van der Waals surface area contributed by atoms with Gasteiger partial charge in [-0.3, -0.25) is 4.79 Å². The molecule has 2 rings (SSSR count). The first-order valence-electron chi connectivity index (χ1n) is 4.10. The van der Waals surface area contributed by atoms with Gasteiger partial charge in [0.2, 0.25) is 11.5 Å². The smallest absolute Gasteiger partial charge is 0.290 e. The van der Waals surface area contributed by atoms with E-state index in [1.807, 2.05) is 0 Å². The van der Waals surface area contributed by atoms with Gasteiger partial charge in [-0.1, -0.05) is 24.3 Å². The first-order valence-corrected chi connectivity index (χ1v) is 4.10. The molecule has 0 spiro atoms. The molecule has 0 aromatic heterocycles. The van der Waals surface area contributed by atoms with Crippen LogP contribution in [0.4, 0.5) is 13.2 Å². The number of alkyl halides is 3. The molecule has 1 aromatic carbocycles. The number of ketones is 1. The number of halogens is 3. The molecule has 0 amide bonds. The lowest BCUT2D eigenvalue weighted by molar-refractivity contribution is -0.105. The van der Waals surface area contributed by atoms with Crippen molar-refractivity contribution in [3.63, 3.8) is 0 Å². The summed E-state index contributed by atoms with van der Waals surface area (Å²) in [5.41, 5.74) is -3.85. The second-order valence-electron chi connectivity index (χ2n) is 3.45. The number of hydrogen-bond donors (Lipinski definition) is 0. The molecule has 1 unspecified atom stereocenters. The van der Waals surface area contributed by atoms with Gasteiger partial charge in [0, 0.05) is 11.1 Å². The molecule has 0 fully saturated rings. The number of benzene rings is 1. The number of hydrogen-bond acceptors (Lipinski definition) is 1. The van der Waals surface area contributed by atoms with Crippen molar-refractivity contribution in [2.45, 2.75) is 18.5 Å². The highest BCUT2D eigenvalue weighted by Crippen LogP contribution is 2.50. The van der Waals surface area contributed by atoms with Crippen LogP contribution in [0.25, 0.3) is 0 Å². The molecule has 1 atom stereocenters. The predicted molar refractivity (Wildman–Crippen MR) is 44.2 cm³/mol. The van der Waals surface area contributed by atoms with Gasteiger partial charge >= 0.3 is 5.92 Å². The van der Waals surface area contributed by atoms with Crippen LogP contribution in [-0.4, -0.2) is 11.5 Å². The van der Waals surface area contributed by atoms with Crippen molar-refractivity contribution in [2.24, 2.45) is 0 Å². The quantitative estimate of drug-likeness (QED) is 0.629. The number of fused-ring (bicyclic) bond motifs is 1.